The number of aliphatic hydroxyl groups excluding tert-OH is 3. The minimum absolute atomic E-state index is 0.0288. The highest BCUT2D eigenvalue weighted by atomic mass is 16.3. The van der Waals surface area contributed by atoms with Crippen LogP contribution in [0.2, 0.25) is 0 Å². The third-order valence-corrected chi connectivity index (χ3v) is 7.89. The number of carbonyl (C=O) groups is 1. The molecule has 4 aliphatic rings. The van der Waals surface area contributed by atoms with Gasteiger partial charge in [-0.25, -0.2) is 0 Å². The van der Waals surface area contributed by atoms with Crippen molar-refractivity contribution in [1.82, 2.24) is 0 Å². The molecule has 0 radical (unpaired) electrons. The molecule has 0 aromatic carbocycles. The molecule has 23 heavy (non-hydrogen) atoms. The summed E-state index contributed by atoms with van der Waals surface area (Å²) in [5.74, 6) is 0.421. The van der Waals surface area contributed by atoms with Gasteiger partial charge >= 0.3 is 0 Å². The Bertz CT molecular complexity index is 570. The molecule has 4 nitrogen and oxygen atoms in total. The van der Waals surface area contributed by atoms with Gasteiger partial charge in [0.1, 0.15) is 6.10 Å². The monoisotopic (exact) mass is 320 g/mol. The second-order valence-corrected chi connectivity index (χ2v) is 8.90. The maximum atomic E-state index is 12.2. The summed E-state index contributed by atoms with van der Waals surface area (Å²) in [6, 6.07) is 0. The van der Waals surface area contributed by atoms with Crippen molar-refractivity contribution in [2.24, 2.45) is 28.6 Å². The van der Waals surface area contributed by atoms with E-state index in [1.807, 2.05) is 13.0 Å². The van der Waals surface area contributed by atoms with Crippen LogP contribution in [0.5, 0.6) is 0 Å². The summed E-state index contributed by atoms with van der Waals surface area (Å²) >= 11 is 0. The largest absolute Gasteiger partial charge is 0.393 e. The van der Waals surface area contributed by atoms with Gasteiger partial charge in [0.25, 0.3) is 0 Å². The van der Waals surface area contributed by atoms with Crippen molar-refractivity contribution in [3.05, 3.63) is 11.6 Å². The minimum atomic E-state index is -0.869. The lowest BCUT2D eigenvalue weighted by Gasteiger charge is -2.58. The van der Waals surface area contributed by atoms with E-state index in [4.69, 9.17) is 0 Å². The molecule has 0 heterocycles. The summed E-state index contributed by atoms with van der Waals surface area (Å²) in [5.41, 5.74) is 0.856. The molecule has 0 amide bonds. The van der Waals surface area contributed by atoms with E-state index in [0.717, 1.165) is 25.7 Å². The van der Waals surface area contributed by atoms with Crippen molar-refractivity contribution in [1.29, 1.82) is 0 Å². The van der Waals surface area contributed by atoms with Gasteiger partial charge in [0, 0.05) is 11.8 Å². The number of carbonyl (C=O) groups excluding carboxylic acids is 1. The number of fused-ring (bicyclic) bond motifs is 5. The first kappa shape index (κ1) is 15.8. The van der Waals surface area contributed by atoms with Gasteiger partial charge < -0.3 is 15.3 Å². The number of hydrogen-bond acceptors (Lipinski definition) is 4. The average molecular weight is 320 g/mol. The summed E-state index contributed by atoms with van der Waals surface area (Å²) < 4.78 is 0. The Hall–Kier alpha value is -0.710. The maximum absolute atomic E-state index is 12.2. The molecule has 3 N–H and O–H groups in total. The van der Waals surface area contributed by atoms with Crippen LogP contribution in [0.3, 0.4) is 0 Å². The fraction of sp³-hybridized carbons (Fsp3) is 0.842. The molecule has 0 unspecified atom stereocenters. The van der Waals surface area contributed by atoms with Gasteiger partial charge in [-0.3, -0.25) is 4.79 Å². The molecule has 8 atom stereocenters. The van der Waals surface area contributed by atoms with E-state index in [-0.39, 0.29) is 34.6 Å². The van der Waals surface area contributed by atoms with Crippen LogP contribution >= 0.6 is 0 Å². The highest BCUT2D eigenvalue weighted by Crippen LogP contribution is 2.64. The van der Waals surface area contributed by atoms with Crippen LogP contribution in [0.25, 0.3) is 0 Å². The molecule has 3 fully saturated rings. The van der Waals surface area contributed by atoms with Crippen LogP contribution in [0, 0.1) is 28.6 Å². The minimum Gasteiger partial charge on any atom is -0.393 e. The van der Waals surface area contributed by atoms with Crippen molar-refractivity contribution in [2.75, 3.05) is 0 Å². The molecule has 0 spiro atoms. The van der Waals surface area contributed by atoms with Crippen molar-refractivity contribution in [3.8, 4) is 0 Å². The van der Waals surface area contributed by atoms with Crippen molar-refractivity contribution < 1.29 is 20.1 Å². The third kappa shape index (κ3) is 1.98. The van der Waals surface area contributed by atoms with Crippen molar-refractivity contribution in [3.63, 3.8) is 0 Å². The lowest BCUT2D eigenvalue weighted by Crippen LogP contribution is -2.55. The zero-order chi connectivity index (χ0) is 16.6. The summed E-state index contributed by atoms with van der Waals surface area (Å²) in [7, 11) is 0. The van der Waals surface area contributed by atoms with Crippen LogP contribution in [0.4, 0.5) is 0 Å². The lowest BCUT2D eigenvalue weighted by atomic mass is 9.47. The smallest absolute Gasteiger partial charge is 0.162 e. The van der Waals surface area contributed by atoms with Crippen LogP contribution in [-0.4, -0.2) is 39.4 Å². The molecular formula is C19H28O4. The van der Waals surface area contributed by atoms with Crippen molar-refractivity contribution >= 4 is 5.78 Å². The van der Waals surface area contributed by atoms with Crippen LogP contribution < -0.4 is 0 Å². The zero-order valence-electron chi connectivity index (χ0n) is 14.0. The highest BCUT2D eigenvalue weighted by Gasteiger charge is 2.62. The van der Waals surface area contributed by atoms with Crippen molar-refractivity contribution in [2.45, 2.75) is 70.7 Å². The quantitative estimate of drug-likeness (QED) is 0.595. The molecule has 0 aromatic heterocycles. The number of ketones is 1. The standard InChI is InChI=1S/C19H28O4/c1-18-5-3-11(20)7-10(18)8-14(21)16-12(18)4-6-19(2)13(16)9-15(22)17(19)23/h8,11-14,16-17,20-21,23H,3-7,9H2,1-2H3/t11-,12+,13+,14+,16-,17+,18+,19+/m1/s1. The topological polar surface area (TPSA) is 77.8 Å². The fourth-order valence-corrected chi connectivity index (χ4v) is 6.40. The van der Waals surface area contributed by atoms with E-state index >= 15 is 0 Å². The van der Waals surface area contributed by atoms with E-state index in [1.165, 1.54) is 5.57 Å². The molecule has 4 aliphatic carbocycles. The van der Waals surface area contributed by atoms with Gasteiger partial charge in [-0.05, 0) is 55.3 Å². The molecule has 3 saturated carbocycles. The van der Waals surface area contributed by atoms with Crippen LogP contribution in [0.1, 0.15) is 52.4 Å². The predicted octanol–water partition coefficient (Wildman–Crippen LogP) is 1.82. The van der Waals surface area contributed by atoms with Gasteiger partial charge in [-0.1, -0.05) is 25.5 Å². The van der Waals surface area contributed by atoms with Gasteiger partial charge in [-0.2, -0.15) is 0 Å². The Morgan fingerprint density at radius 1 is 1.04 bits per heavy atom. The number of Topliss-reactive ketones (excluding diaryl/α,β-unsaturated/α-hetero) is 1. The first-order valence-electron chi connectivity index (χ1n) is 9.05. The Kier molecular flexibility index (Phi) is 3.37. The SMILES string of the molecule is C[C@]12CC[C@H]3[C@@H]([C@@H](O)C=C4C[C@H](O)CC[C@@]43C)[C@@H]1CC(=O)[C@@H]2O. The molecular weight excluding hydrogens is 292 g/mol. The molecule has 0 saturated heterocycles. The van der Waals surface area contributed by atoms with Gasteiger partial charge in [0.2, 0.25) is 0 Å². The Morgan fingerprint density at radius 3 is 2.52 bits per heavy atom. The van der Waals surface area contributed by atoms with E-state index in [9.17, 15) is 20.1 Å². The number of rotatable bonds is 0. The normalized spacial score (nSPS) is 55.7. The van der Waals surface area contributed by atoms with Gasteiger partial charge in [-0.15, -0.1) is 0 Å². The summed E-state index contributed by atoms with van der Waals surface area (Å²) in [6.45, 7) is 4.31. The van der Waals surface area contributed by atoms with E-state index in [2.05, 4.69) is 6.92 Å². The first-order chi connectivity index (χ1) is 10.8. The molecule has 4 heteroatoms. The van der Waals surface area contributed by atoms with E-state index in [1.54, 1.807) is 0 Å². The zero-order valence-corrected chi connectivity index (χ0v) is 14.0. The second-order valence-electron chi connectivity index (χ2n) is 8.90. The highest BCUT2D eigenvalue weighted by molar-refractivity contribution is 5.86. The Morgan fingerprint density at radius 2 is 1.78 bits per heavy atom. The molecule has 0 aromatic rings. The molecule has 0 bridgehead atoms. The van der Waals surface area contributed by atoms with E-state index in [0.29, 0.717) is 18.8 Å². The Balaban J connectivity index is 1.75. The summed E-state index contributed by atoms with van der Waals surface area (Å²) in [5, 5.41) is 31.2. The Labute approximate surface area is 137 Å². The summed E-state index contributed by atoms with van der Waals surface area (Å²) in [6.07, 6.45) is 4.88. The molecule has 4 rings (SSSR count). The lowest BCUT2D eigenvalue weighted by molar-refractivity contribution is -0.130. The van der Waals surface area contributed by atoms with Crippen LogP contribution in [-0.2, 0) is 4.79 Å². The third-order valence-electron chi connectivity index (χ3n) is 7.89. The average Bonchev–Trinajstić information content (AvgIpc) is 2.73. The predicted molar refractivity (Wildman–Crippen MR) is 85.5 cm³/mol. The maximum Gasteiger partial charge on any atom is 0.162 e. The number of aliphatic hydroxyl groups is 3. The molecule has 128 valence electrons. The van der Waals surface area contributed by atoms with Crippen LogP contribution in [0.15, 0.2) is 11.6 Å². The molecule has 0 aliphatic heterocycles. The second kappa shape index (κ2) is 4.90. The summed E-state index contributed by atoms with van der Waals surface area (Å²) in [4.78, 5) is 12.2. The number of hydrogen-bond donors (Lipinski definition) is 3. The van der Waals surface area contributed by atoms with Gasteiger partial charge in [0.15, 0.2) is 5.78 Å². The fourth-order valence-electron chi connectivity index (χ4n) is 6.40. The van der Waals surface area contributed by atoms with E-state index < -0.39 is 12.2 Å². The van der Waals surface area contributed by atoms with Gasteiger partial charge in [0.05, 0.1) is 12.2 Å². The first-order valence-corrected chi connectivity index (χ1v) is 9.05.